The van der Waals surface area contributed by atoms with E-state index in [1.807, 2.05) is 48.9 Å². The number of piperidine rings is 1. The minimum Gasteiger partial charge on any atom is -0.489 e. The predicted molar refractivity (Wildman–Crippen MR) is 215 cm³/mol. The summed E-state index contributed by atoms with van der Waals surface area (Å²) in [5.41, 5.74) is 5.47. The highest BCUT2D eigenvalue weighted by molar-refractivity contribution is 6.23. The maximum atomic E-state index is 13.1. The standard InChI is InChI=1S/C45H37N7O7/c1-50-38-14-15-46-23-37(38)34-9-4-26(17-40(34)50)27-5-13-42(48-21-27)59-32-18-31(19-32)58-30-7-6-28(47-22-30)3-2-16-51-24-33(25-51)57-29-8-10-35-36(20-29)45(56)52(44(35)55)39-11-12-41(53)49-43(39)54/h4-10,13-15,17,20-23,31-33,39H,11-12,16,18-19,24-25H2,1H3,(H,49,53,54). The summed E-state index contributed by atoms with van der Waals surface area (Å²) in [5.74, 6) is 5.85. The quantitative estimate of drug-likeness (QED) is 0.160. The lowest BCUT2D eigenvalue weighted by Gasteiger charge is -2.37. The number of amides is 4. The molecule has 3 fully saturated rings. The monoisotopic (exact) mass is 787 g/mol. The Labute approximate surface area is 338 Å². The van der Waals surface area contributed by atoms with Gasteiger partial charge in [0.25, 0.3) is 11.8 Å². The zero-order valence-electron chi connectivity index (χ0n) is 32.0. The number of fused-ring (bicyclic) bond motifs is 4. The van der Waals surface area contributed by atoms with Gasteiger partial charge >= 0.3 is 0 Å². The molecule has 4 amide bonds. The summed E-state index contributed by atoms with van der Waals surface area (Å²) in [4.78, 5) is 66.4. The molecule has 4 aliphatic rings. The minimum absolute atomic E-state index is 0.0322. The Kier molecular flexibility index (Phi) is 9.02. The Bertz CT molecular complexity index is 2740. The number of nitrogens with zero attached hydrogens (tertiary/aromatic N) is 6. The second-order valence-electron chi connectivity index (χ2n) is 15.3. The van der Waals surface area contributed by atoms with Crippen molar-refractivity contribution in [1.82, 2.24) is 34.6 Å². The zero-order chi connectivity index (χ0) is 40.2. The van der Waals surface area contributed by atoms with Gasteiger partial charge in [-0.1, -0.05) is 18.1 Å². The molecule has 2 aromatic carbocycles. The van der Waals surface area contributed by atoms with E-state index in [0.717, 1.165) is 45.3 Å². The molecule has 294 valence electrons. The fourth-order valence-electron chi connectivity index (χ4n) is 8.14. The molecule has 0 radical (unpaired) electrons. The number of likely N-dealkylation sites (tertiary alicyclic amines) is 1. The van der Waals surface area contributed by atoms with Gasteiger partial charge in [0.15, 0.2) is 0 Å². The van der Waals surface area contributed by atoms with E-state index in [0.29, 0.717) is 42.7 Å². The Morgan fingerprint density at radius 3 is 2.34 bits per heavy atom. The third-order valence-electron chi connectivity index (χ3n) is 11.4. The summed E-state index contributed by atoms with van der Waals surface area (Å²) < 4.78 is 20.5. The molecule has 59 heavy (non-hydrogen) atoms. The number of aryl methyl sites for hydroxylation is 1. The molecule has 4 aromatic heterocycles. The molecule has 14 nitrogen and oxygen atoms in total. The molecule has 0 spiro atoms. The predicted octanol–water partition coefficient (Wildman–Crippen LogP) is 4.69. The average Bonchev–Trinajstić information content (AvgIpc) is 3.64. The molecule has 2 saturated heterocycles. The lowest BCUT2D eigenvalue weighted by atomic mass is 9.92. The molecule has 1 aliphatic carbocycles. The molecule has 10 rings (SSSR count). The number of aromatic nitrogens is 4. The van der Waals surface area contributed by atoms with Crippen LogP contribution in [-0.4, -0.2) is 96.9 Å². The van der Waals surface area contributed by atoms with Crippen molar-refractivity contribution in [3.63, 3.8) is 0 Å². The molecule has 0 bridgehead atoms. The first kappa shape index (κ1) is 36.2. The van der Waals surface area contributed by atoms with Gasteiger partial charge in [-0.3, -0.25) is 39.3 Å². The fraction of sp³-hybridized carbons (Fsp3) is 0.267. The van der Waals surface area contributed by atoms with Crippen LogP contribution in [-0.2, 0) is 16.6 Å². The molecule has 1 atom stereocenters. The van der Waals surface area contributed by atoms with Crippen LogP contribution in [0.15, 0.2) is 91.5 Å². The Hall–Kier alpha value is -7.11. The Balaban J connectivity index is 0.654. The summed E-state index contributed by atoms with van der Waals surface area (Å²) in [7, 11) is 2.08. The zero-order valence-corrected chi connectivity index (χ0v) is 32.0. The van der Waals surface area contributed by atoms with Gasteiger partial charge in [-0.25, -0.2) is 9.97 Å². The number of benzene rings is 2. The second kappa shape index (κ2) is 14.7. The molecule has 1 N–H and O–H groups in total. The van der Waals surface area contributed by atoms with Gasteiger partial charge in [0.1, 0.15) is 41.5 Å². The Morgan fingerprint density at radius 1 is 0.746 bits per heavy atom. The number of hydrogen-bond donors (Lipinski definition) is 1. The summed E-state index contributed by atoms with van der Waals surface area (Å²) in [5, 5.41) is 4.53. The molecule has 14 heteroatoms. The molecule has 1 unspecified atom stereocenters. The number of ether oxygens (including phenoxy) is 3. The summed E-state index contributed by atoms with van der Waals surface area (Å²) >= 11 is 0. The molecule has 7 heterocycles. The van der Waals surface area contributed by atoms with Crippen molar-refractivity contribution in [3.8, 4) is 40.3 Å². The van der Waals surface area contributed by atoms with Crippen LogP contribution in [0.2, 0.25) is 0 Å². The van der Waals surface area contributed by atoms with Gasteiger partial charge in [-0.2, -0.15) is 0 Å². The van der Waals surface area contributed by atoms with Crippen LogP contribution < -0.4 is 19.5 Å². The third-order valence-corrected chi connectivity index (χ3v) is 11.4. The number of nitrogens with one attached hydrogen (secondary N) is 1. The molecule has 6 aromatic rings. The van der Waals surface area contributed by atoms with Crippen LogP contribution in [0.25, 0.3) is 32.9 Å². The number of pyridine rings is 3. The first-order valence-corrected chi connectivity index (χ1v) is 19.6. The Morgan fingerprint density at radius 2 is 1.54 bits per heavy atom. The van der Waals surface area contributed by atoms with E-state index in [2.05, 4.69) is 66.8 Å². The van der Waals surface area contributed by atoms with Crippen LogP contribution in [0, 0.1) is 11.8 Å². The second-order valence-corrected chi connectivity index (χ2v) is 15.3. The van der Waals surface area contributed by atoms with Gasteiger partial charge in [-0.15, -0.1) is 0 Å². The van der Waals surface area contributed by atoms with Crippen molar-refractivity contribution in [2.45, 2.75) is 50.0 Å². The smallest absolute Gasteiger partial charge is 0.262 e. The van der Waals surface area contributed by atoms with E-state index in [1.54, 1.807) is 24.4 Å². The van der Waals surface area contributed by atoms with Gasteiger partial charge in [-0.05, 0) is 66.4 Å². The van der Waals surface area contributed by atoms with Crippen molar-refractivity contribution < 1.29 is 33.4 Å². The van der Waals surface area contributed by atoms with E-state index in [9.17, 15) is 19.2 Å². The minimum atomic E-state index is -1.01. The normalized spacial score (nSPS) is 20.4. The first-order chi connectivity index (χ1) is 28.7. The largest absolute Gasteiger partial charge is 0.489 e. The number of carbonyl (C=O) groups is 4. The van der Waals surface area contributed by atoms with Gasteiger partial charge in [0, 0.05) is 85.9 Å². The first-order valence-electron chi connectivity index (χ1n) is 19.6. The highest BCUT2D eigenvalue weighted by atomic mass is 16.5. The highest BCUT2D eigenvalue weighted by Crippen LogP contribution is 2.34. The van der Waals surface area contributed by atoms with E-state index >= 15 is 0 Å². The fourth-order valence-corrected chi connectivity index (χ4v) is 8.14. The van der Waals surface area contributed by atoms with E-state index in [4.69, 9.17) is 14.2 Å². The van der Waals surface area contributed by atoms with Gasteiger partial charge in [0.2, 0.25) is 17.7 Å². The average molecular weight is 788 g/mol. The van der Waals surface area contributed by atoms with Crippen LogP contribution in [0.3, 0.4) is 0 Å². The molecular formula is C45H37N7O7. The maximum Gasteiger partial charge on any atom is 0.262 e. The van der Waals surface area contributed by atoms with Crippen molar-refractivity contribution in [2.24, 2.45) is 7.05 Å². The maximum absolute atomic E-state index is 13.1. The topological polar surface area (TPSA) is 158 Å². The lowest BCUT2D eigenvalue weighted by Crippen LogP contribution is -2.54. The SMILES string of the molecule is Cn1c2ccncc2c2ccc(-c3ccc(OC4CC(Oc5ccc(C#CCN6CC(Oc7ccc8c(c7)C(=O)N(C7CCC(=O)NC7=O)C8=O)C6)nc5)C4)nc3)cc21. The summed E-state index contributed by atoms with van der Waals surface area (Å²) in [6.45, 7) is 1.84. The lowest BCUT2D eigenvalue weighted by molar-refractivity contribution is -0.136. The van der Waals surface area contributed by atoms with Crippen molar-refractivity contribution in [3.05, 3.63) is 108 Å². The van der Waals surface area contributed by atoms with Gasteiger partial charge < -0.3 is 18.8 Å². The number of hydrogen-bond acceptors (Lipinski definition) is 11. The van der Waals surface area contributed by atoms with Crippen LogP contribution >= 0.6 is 0 Å². The van der Waals surface area contributed by atoms with E-state index < -0.39 is 29.7 Å². The third kappa shape index (κ3) is 6.89. The van der Waals surface area contributed by atoms with Crippen molar-refractivity contribution in [2.75, 3.05) is 19.6 Å². The summed E-state index contributed by atoms with van der Waals surface area (Å²) in [6, 6.07) is 19.9. The van der Waals surface area contributed by atoms with E-state index in [-0.39, 0.29) is 42.3 Å². The molecular weight excluding hydrogens is 751 g/mol. The van der Waals surface area contributed by atoms with Crippen LogP contribution in [0.4, 0.5) is 0 Å². The van der Waals surface area contributed by atoms with Crippen molar-refractivity contribution >= 4 is 45.4 Å². The van der Waals surface area contributed by atoms with Crippen LogP contribution in [0.1, 0.15) is 52.1 Å². The van der Waals surface area contributed by atoms with Gasteiger partial charge in [0.05, 0.1) is 29.4 Å². The van der Waals surface area contributed by atoms with Crippen LogP contribution in [0.5, 0.6) is 17.4 Å². The number of imide groups is 2. The number of carbonyl (C=O) groups excluding carboxylic acids is 4. The molecule has 3 aliphatic heterocycles. The number of rotatable bonds is 9. The molecule has 1 saturated carbocycles. The highest BCUT2D eigenvalue weighted by Gasteiger charge is 2.45. The van der Waals surface area contributed by atoms with E-state index in [1.165, 1.54) is 5.39 Å². The van der Waals surface area contributed by atoms with Crippen molar-refractivity contribution in [1.29, 1.82) is 0 Å². The summed E-state index contributed by atoms with van der Waals surface area (Å²) in [6.07, 6.45) is 8.94.